The summed E-state index contributed by atoms with van der Waals surface area (Å²) in [6.45, 7) is 0. The SMILES string of the molecule is CNC(=S)SC.[O]=[Zn].[Zn]. The van der Waals surface area contributed by atoms with Gasteiger partial charge in [0.1, 0.15) is 4.32 Å². The van der Waals surface area contributed by atoms with Crippen LogP contribution in [0.2, 0.25) is 0 Å². The Hall–Kier alpha value is 1.29. The largest absolute Gasteiger partial charge is 0 e. The van der Waals surface area contributed by atoms with Crippen LogP contribution in [0, 0.1) is 0 Å². The molecule has 46 valence electrons. The third-order valence-electron chi connectivity index (χ3n) is 0.390. The second-order valence-corrected chi connectivity index (χ2v) is 2.22. The van der Waals surface area contributed by atoms with Crippen molar-refractivity contribution < 1.29 is 41.3 Å². The van der Waals surface area contributed by atoms with Crippen molar-refractivity contribution in [2.45, 2.75) is 0 Å². The summed E-state index contributed by atoms with van der Waals surface area (Å²) in [6.07, 6.45) is 1.94. The van der Waals surface area contributed by atoms with Crippen LogP contribution < -0.4 is 5.32 Å². The first-order chi connectivity index (χ1) is 3.81. The summed E-state index contributed by atoms with van der Waals surface area (Å²) in [5.74, 6) is 0. The first-order valence-corrected chi connectivity index (χ1v) is 4.70. The Kier molecular flexibility index (Phi) is 30.0. The van der Waals surface area contributed by atoms with Crippen molar-refractivity contribution in [3.05, 3.63) is 0 Å². The Bertz CT molecular complexity index is 66.8. The van der Waals surface area contributed by atoms with Gasteiger partial charge in [0.05, 0.1) is 0 Å². The number of hydrogen-bond donors (Lipinski definition) is 1. The van der Waals surface area contributed by atoms with Gasteiger partial charge in [-0.15, -0.1) is 11.8 Å². The van der Waals surface area contributed by atoms with E-state index < -0.39 is 0 Å². The Morgan fingerprint density at radius 3 is 2.00 bits per heavy atom. The fraction of sp³-hybridized carbons (Fsp3) is 0.667. The van der Waals surface area contributed by atoms with E-state index in [9.17, 15) is 0 Å². The van der Waals surface area contributed by atoms with Gasteiger partial charge in [-0.3, -0.25) is 0 Å². The van der Waals surface area contributed by atoms with E-state index in [1.807, 2.05) is 13.3 Å². The van der Waals surface area contributed by atoms with Gasteiger partial charge in [-0.25, -0.2) is 0 Å². The summed E-state index contributed by atoms with van der Waals surface area (Å²) in [5, 5.41) is 2.81. The predicted molar refractivity (Wildman–Crippen MR) is 35.9 cm³/mol. The average molecular weight is 268 g/mol. The number of hydrogen-bond acceptors (Lipinski definition) is 3. The van der Waals surface area contributed by atoms with Crippen LogP contribution in [0.5, 0.6) is 0 Å². The van der Waals surface area contributed by atoms with Crippen LogP contribution in [0.4, 0.5) is 0 Å². The quantitative estimate of drug-likeness (QED) is 0.518. The molecule has 9 heavy (non-hydrogen) atoms. The zero-order valence-corrected chi connectivity index (χ0v) is 13.2. The third-order valence-corrected chi connectivity index (χ3v) is 1.67. The molecule has 0 unspecified atom stereocenters. The smallest absolute Gasteiger partial charge is 0 e. The van der Waals surface area contributed by atoms with Crippen molar-refractivity contribution in [1.29, 1.82) is 0 Å². The number of rotatable bonds is 0. The van der Waals surface area contributed by atoms with Crippen molar-refractivity contribution in [2.75, 3.05) is 13.3 Å². The number of thioether (sulfide) groups is 1. The third kappa shape index (κ3) is 17.6. The molecule has 0 radical (unpaired) electrons. The summed E-state index contributed by atoms with van der Waals surface area (Å²) in [4.78, 5) is 0. The molecule has 0 aromatic heterocycles. The van der Waals surface area contributed by atoms with Gasteiger partial charge in [-0.05, 0) is 6.26 Å². The monoisotopic (exact) mass is 265 g/mol. The molecule has 0 spiro atoms. The molecule has 2 nitrogen and oxygen atoms in total. The van der Waals surface area contributed by atoms with Crippen LogP contribution >= 0.6 is 24.0 Å². The van der Waals surface area contributed by atoms with E-state index in [1.165, 1.54) is 0 Å². The second-order valence-electron chi connectivity index (χ2n) is 0.742. The Labute approximate surface area is 87.6 Å². The van der Waals surface area contributed by atoms with E-state index in [2.05, 4.69) is 5.32 Å². The zero-order chi connectivity index (χ0) is 6.99. The molecule has 6 heteroatoms. The molecule has 0 atom stereocenters. The molecular weight excluding hydrogens is 261 g/mol. The molecule has 0 heterocycles. The normalized spacial score (nSPS) is 5.78. The summed E-state index contributed by atoms with van der Waals surface area (Å²) < 4.78 is 9.22. The molecule has 0 aliphatic carbocycles. The molecular formula is C3H7NOS2Zn2. The molecule has 0 rings (SSSR count). The van der Waals surface area contributed by atoms with Gasteiger partial charge >= 0.3 is 21.8 Å². The van der Waals surface area contributed by atoms with Crippen LogP contribution in [-0.2, 0) is 41.3 Å². The van der Waals surface area contributed by atoms with E-state index in [1.54, 1.807) is 11.8 Å². The maximum atomic E-state index is 8.38. The summed E-state index contributed by atoms with van der Waals surface area (Å²) in [5.41, 5.74) is 0. The van der Waals surface area contributed by atoms with Gasteiger partial charge in [0, 0.05) is 26.5 Å². The standard InChI is InChI=1S/C3H7NS2.O.2Zn/c1-4-3(5)6-2;;;/h1-2H3,(H,4,5);;;. The molecule has 0 aromatic carbocycles. The van der Waals surface area contributed by atoms with E-state index in [0.29, 0.717) is 0 Å². The second kappa shape index (κ2) is 16.1. The van der Waals surface area contributed by atoms with Crippen LogP contribution in [0.1, 0.15) is 0 Å². The Balaban J connectivity index is -0.000000109. The minimum absolute atomic E-state index is 0. The van der Waals surface area contributed by atoms with Crippen molar-refractivity contribution >= 4 is 28.3 Å². The summed E-state index contributed by atoms with van der Waals surface area (Å²) in [7, 11) is 1.82. The Morgan fingerprint density at radius 2 is 2.00 bits per heavy atom. The molecule has 0 fully saturated rings. The van der Waals surface area contributed by atoms with E-state index in [0.717, 1.165) is 4.32 Å². The minimum Gasteiger partial charge on any atom is 0 e. The minimum atomic E-state index is 0. The summed E-state index contributed by atoms with van der Waals surface area (Å²) >= 11 is 6.38. The summed E-state index contributed by atoms with van der Waals surface area (Å²) in [6, 6.07) is 0. The van der Waals surface area contributed by atoms with Gasteiger partial charge in [0.2, 0.25) is 0 Å². The molecule has 0 aliphatic rings. The fourth-order valence-corrected chi connectivity index (χ4v) is 0.306. The van der Waals surface area contributed by atoms with Crippen molar-refractivity contribution in [1.82, 2.24) is 5.32 Å². The molecule has 0 amide bonds. The van der Waals surface area contributed by atoms with Crippen LogP contribution in [0.15, 0.2) is 0 Å². The molecule has 0 saturated carbocycles. The Morgan fingerprint density at radius 1 is 1.67 bits per heavy atom. The predicted octanol–water partition coefficient (Wildman–Crippen LogP) is 0.730. The van der Waals surface area contributed by atoms with Crippen LogP contribution in [-0.4, -0.2) is 17.6 Å². The van der Waals surface area contributed by atoms with Gasteiger partial charge < -0.3 is 5.32 Å². The maximum Gasteiger partial charge on any atom is 0 e. The van der Waals surface area contributed by atoms with Crippen molar-refractivity contribution in [3.8, 4) is 0 Å². The van der Waals surface area contributed by atoms with Gasteiger partial charge in [-0.2, -0.15) is 0 Å². The van der Waals surface area contributed by atoms with Gasteiger partial charge in [0.25, 0.3) is 0 Å². The fourth-order valence-electron chi connectivity index (χ4n) is 0.102. The average Bonchev–Trinajstić information content (AvgIpc) is 1.91. The molecule has 0 aromatic rings. The maximum absolute atomic E-state index is 8.38. The van der Waals surface area contributed by atoms with Gasteiger partial charge in [-0.1, -0.05) is 12.2 Å². The van der Waals surface area contributed by atoms with E-state index >= 15 is 0 Å². The van der Waals surface area contributed by atoms with Crippen LogP contribution in [0.3, 0.4) is 0 Å². The van der Waals surface area contributed by atoms with Crippen molar-refractivity contribution in [3.63, 3.8) is 0 Å². The first kappa shape index (κ1) is 16.7. The van der Waals surface area contributed by atoms with Crippen molar-refractivity contribution in [2.24, 2.45) is 0 Å². The molecule has 0 bridgehead atoms. The topological polar surface area (TPSA) is 29.1 Å². The van der Waals surface area contributed by atoms with E-state index in [-0.39, 0.29) is 37.7 Å². The first-order valence-electron chi connectivity index (χ1n) is 1.86. The van der Waals surface area contributed by atoms with Gasteiger partial charge in [0.15, 0.2) is 0 Å². The molecule has 0 aliphatic heterocycles. The van der Waals surface area contributed by atoms with E-state index in [4.69, 9.17) is 15.8 Å². The van der Waals surface area contributed by atoms with Crippen LogP contribution in [0.25, 0.3) is 0 Å². The zero-order valence-electron chi connectivity index (χ0n) is 5.64. The molecule has 0 saturated heterocycles. The number of nitrogens with one attached hydrogen (secondary N) is 1. The molecule has 1 N–H and O–H groups in total. The number of thiocarbonyl (C=S) groups is 1.